The summed E-state index contributed by atoms with van der Waals surface area (Å²) in [6, 6.07) is 10.7. The molecule has 1 aromatic rings. The predicted molar refractivity (Wildman–Crippen MR) is 68.4 cm³/mol. The first kappa shape index (κ1) is 11.5. The summed E-state index contributed by atoms with van der Waals surface area (Å²) >= 11 is 1.40. The SMILES string of the molecule is CC(C)C(=[SH]c1ccccc1)C(C)C. The first-order chi connectivity index (χ1) is 6.61. The Labute approximate surface area is 91.3 Å². The molecule has 0 aromatic heterocycles. The molecule has 14 heavy (non-hydrogen) atoms. The van der Waals surface area contributed by atoms with Crippen molar-refractivity contribution < 1.29 is 0 Å². The summed E-state index contributed by atoms with van der Waals surface area (Å²) in [6.45, 7) is 9.13. The van der Waals surface area contributed by atoms with E-state index in [-0.39, 0.29) is 0 Å². The summed E-state index contributed by atoms with van der Waals surface area (Å²) < 4.78 is 0. The van der Waals surface area contributed by atoms with Crippen molar-refractivity contribution in [3.63, 3.8) is 0 Å². The normalized spacial score (nSPS) is 11.0. The van der Waals surface area contributed by atoms with Crippen molar-refractivity contribution in [3.8, 4) is 0 Å². The highest BCUT2D eigenvalue weighted by molar-refractivity contribution is 7.98. The molecule has 78 valence electrons. The molecule has 0 radical (unpaired) electrons. The summed E-state index contributed by atoms with van der Waals surface area (Å²) in [4.78, 5) is 3.03. The average Bonchev–Trinajstić information content (AvgIpc) is 2.15. The van der Waals surface area contributed by atoms with Gasteiger partial charge in [-0.05, 0) is 33.7 Å². The van der Waals surface area contributed by atoms with Gasteiger partial charge in [0.15, 0.2) is 0 Å². The molecule has 0 spiro atoms. The van der Waals surface area contributed by atoms with E-state index in [0.717, 1.165) is 0 Å². The Balaban J connectivity index is 2.94. The van der Waals surface area contributed by atoms with Gasteiger partial charge in [-0.25, -0.2) is 0 Å². The summed E-state index contributed by atoms with van der Waals surface area (Å²) in [6.07, 6.45) is 0. The summed E-state index contributed by atoms with van der Waals surface area (Å²) in [7, 11) is 0. The van der Waals surface area contributed by atoms with Gasteiger partial charge in [-0.2, -0.15) is 11.4 Å². The number of hydrogen-bond acceptors (Lipinski definition) is 0. The summed E-state index contributed by atoms with van der Waals surface area (Å²) in [5.41, 5.74) is 0. The zero-order chi connectivity index (χ0) is 10.6. The highest BCUT2D eigenvalue weighted by Gasteiger charge is 2.07. The van der Waals surface area contributed by atoms with Gasteiger partial charge in [0.1, 0.15) is 0 Å². The van der Waals surface area contributed by atoms with Gasteiger partial charge in [0.05, 0.1) is 0 Å². The molecule has 0 heterocycles. The summed E-state index contributed by atoms with van der Waals surface area (Å²) in [5, 5.41) is 0. The number of benzene rings is 1. The lowest BCUT2D eigenvalue weighted by atomic mass is 10.0. The van der Waals surface area contributed by atoms with E-state index < -0.39 is 0 Å². The molecular weight excluding hydrogens is 188 g/mol. The molecular formula is C13H20S. The van der Waals surface area contributed by atoms with Crippen molar-refractivity contribution in [3.05, 3.63) is 30.3 Å². The molecule has 0 aliphatic carbocycles. The van der Waals surface area contributed by atoms with Crippen molar-refractivity contribution in [2.45, 2.75) is 32.6 Å². The largest absolute Gasteiger partial charge is 0.170 e. The predicted octanol–water partition coefficient (Wildman–Crippen LogP) is 4.00. The van der Waals surface area contributed by atoms with Crippen molar-refractivity contribution >= 4 is 16.2 Å². The topological polar surface area (TPSA) is 0 Å². The first-order valence-corrected chi connectivity index (χ1v) is 6.14. The third-order valence-electron chi connectivity index (χ3n) is 2.20. The van der Waals surface area contributed by atoms with E-state index in [1.807, 2.05) is 0 Å². The van der Waals surface area contributed by atoms with Gasteiger partial charge >= 0.3 is 0 Å². The summed E-state index contributed by atoms with van der Waals surface area (Å²) in [5.74, 6) is 1.36. The lowest BCUT2D eigenvalue weighted by molar-refractivity contribution is 0.786. The van der Waals surface area contributed by atoms with Gasteiger partial charge in [-0.1, -0.05) is 45.9 Å². The van der Waals surface area contributed by atoms with Crippen LogP contribution in [0.25, 0.3) is 0 Å². The molecule has 0 aliphatic rings. The standard InChI is InChI=1S/C13H20S/c1-10(2)13(11(3)4)14-12-8-6-5-7-9-12/h5-11,14H,1-4H3. The fourth-order valence-corrected chi connectivity index (χ4v) is 2.71. The molecule has 0 unspecified atom stereocenters. The van der Waals surface area contributed by atoms with Crippen molar-refractivity contribution in [1.29, 1.82) is 0 Å². The van der Waals surface area contributed by atoms with Gasteiger partial charge in [0.2, 0.25) is 0 Å². The highest BCUT2D eigenvalue weighted by Crippen LogP contribution is 2.19. The molecule has 0 aliphatic heterocycles. The number of hydrogen-bond donors (Lipinski definition) is 1. The van der Waals surface area contributed by atoms with E-state index in [1.54, 1.807) is 4.86 Å². The van der Waals surface area contributed by atoms with Crippen LogP contribution in [0.5, 0.6) is 0 Å². The third kappa shape index (κ3) is 3.30. The van der Waals surface area contributed by atoms with Crippen LogP contribution in [-0.4, -0.2) is 4.86 Å². The van der Waals surface area contributed by atoms with Gasteiger partial charge in [0, 0.05) is 0 Å². The third-order valence-corrected chi connectivity index (χ3v) is 4.04. The lowest BCUT2D eigenvalue weighted by Crippen LogP contribution is -2.12. The Bertz CT molecular complexity index is 286. The molecule has 0 fully saturated rings. The van der Waals surface area contributed by atoms with Crippen LogP contribution in [0.2, 0.25) is 0 Å². The molecule has 0 nitrogen and oxygen atoms in total. The fourth-order valence-electron chi connectivity index (χ4n) is 1.58. The van der Waals surface area contributed by atoms with Crippen LogP contribution in [-0.2, 0) is 0 Å². The van der Waals surface area contributed by atoms with Gasteiger partial charge in [0.25, 0.3) is 0 Å². The monoisotopic (exact) mass is 208 g/mol. The molecule has 0 atom stereocenters. The molecule has 0 saturated heterocycles. The average molecular weight is 208 g/mol. The van der Waals surface area contributed by atoms with E-state index in [4.69, 9.17) is 0 Å². The first-order valence-electron chi connectivity index (χ1n) is 5.24. The fraction of sp³-hybridized carbons (Fsp3) is 0.462. The van der Waals surface area contributed by atoms with Gasteiger partial charge in [-0.3, -0.25) is 0 Å². The van der Waals surface area contributed by atoms with E-state index >= 15 is 0 Å². The second-order valence-corrected chi connectivity index (χ2v) is 5.44. The Morgan fingerprint density at radius 2 is 1.43 bits per heavy atom. The minimum atomic E-state index is 0.678. The quantitative estimate of drug-likeness (QED) is 0.563. The molecule has 1 rings (SSSR count). The van der Waals surface area contributed by atoms with E-state index in [2.05, 4.69) is 58.0 Å². The van der Waals surface area contributed by atoms with Crippen molar-refractivity contribution in [2.24, 2.45) is 11.8 Å². The second kappa shape index (κ2) is 5.35. The Hall–Kier alpha value is -0.560. The lowest BCUT2D eigenvalue weighted by Gasteiger charge is -2.15. The highest BCUT2D eigenvalue weighted by atomic mass is 32.1. The molecule has 0 N–H and O–H groups in total. The number of rotatable bonds is 3. The van der Waals surface area contributed by atoms with E-state index in [9.17, 15) is 0 Å². The maximum absolute atomic E-state index is 2.28. The zero-order valence-corrected chi connectivity index (χ0v) is 10.4. The maximum Gasteiger partial charge on any atom is -0.00121 e. The van der Waals surface area contributed by atoms with Gasteiger partial charge < -0.3 is 0 Å². The molecule has 1 aromatic carbocycles. The maximum atomic E-state index is 2.28. The van der Waals surface area contributed by atoms with Gasteiger partial charge in [-0.15, -0.1) is 0 Å². The minimum absolute atomic E-state index is 0.678. The molecule has 0 amide bonds. The molecule has 0 saturated carbocycles. The minimum Gasteiger partial charge on any atom is -0.170 e. The second-order valence-electron chi connectivity index (χ2n) is 4.18. The van der Waals surface area contributed by atoms with Crippen LogP contribution in [0.3, 0.4) is 0 Å². The smallest absolute Gasteiger partial charge is 0.00121 e. The zero-order valence-electron chi connectivity index (χ0n) is 9.49. The Morgan fingerprint density at radius 1 is 0.929 bits per heavy atom. The molecule has 0 bridgehead atoms. The number of thiol groups is 1. The molecule has 1 heteroatoms. The van der Waals surface area contributed by atoms with Crippen LogP contribution in [0.15, 0.2) is 35.2 Å². The van der Waals surface area contributed by atoms with E-state index in [1.165, 1.54) is 16.2 Å². The van der Waals surface area contributed by atoms with Crippen LogP contribution in [0, 0.1) is 11.8 Å². The van der Waals surface area contributed by atoms with Crippen molar-refractivity contribution in [1.82, 2.24) is 0 Å². The van der Waals surface area contributed by atoms with Crippen molar-refractivity contribution in [2.75, 3.05) is 0 Å². The van der Waals surface area contributed by atoms with Crippen LogP contribution in [0.4, 0.5) is 0 Å². The van der Waals surface area contributed by atoms with Crippen LogP contribution in [0.1, 0.15) is 27.7 Å². The van der Waals surface area contributed by atoms with Crippen LogP contribution >= 0.6 is 11.4 Å². The van der Waals surface area contributed by atoms with Crippen LogP contribution < -0.4 is 0 Å². The Kier molecular flexibility index (Phi) is 4.40. The van der Waals surface area contributed by atoms with E-state index in [0.29, 0.717) is 11.8 Å². The Morgan fingerprint density at radius 3 is 1.86 bits per heavy atom.